The average molecular weight is 361 g/mol. The molecular weight excluding hydrogens is 352 g/mol. The van der Waals surface area contributed by atoms with E-state index in [1.807, 2.05) is 0 Å². The summed E-state index contributed by atoms with van der Waals surface area (Å²) in [5.74, 6) is 0.540. The number of hydrogen-bond acceptors (Lipinski definition) is 2. The van der Waals surface area contributed by atoms with E-state index in [0.717, 1.165) is 5.39 Å². The Bertz CT molecular complexity index is 828. The van der Waals surface area contributed by atoms with Gasteiger partial charge in [-0.15, -0.1) is 0 Å². The van der Waals surface area contributed by atoms with Crippen molar-refractivity contribution in [2.24, 2.45) is 5.73 Å². The summed E-state index contributed by atoms with van der Waals surface area (Å²) in [6.07, 6.45) is 0. The van der Waals surface area contributed by atoms with Gasteiger partial charge >= 0.3 is 0 Å². The van der Waals surface area contributed by atoms with Gasteiger partial charge < -0.3 is 10.2 Å². The maximum Gasteiger partial charge on any atom is 0.153 e. The smallest absolute Gasteiger partial charge is 0.153 e. The summed E-state index contributed by atoms with van der Waals surface area (Å²) in [5, 5.41) is 2.84. The Kier molecular flexibility index (Phi) is 4.08. The van der Waals surface area contributed by atoms with Gasteiger partial charge in [0.25, 0.3) is 0 Å². The normalized spacial score (nSPS) is 12.8. The maximum absolute atomic E-state index is 6.23. The maximum atomic E-state index is 6.23. The lowest BCUT2D eigenvalue weighted by Crippen LogP contribution is -2.11. The molecule has 1 unspecified atom stereocenters. The molecular formula is C15H9Cl4NO. The molecule has 0 radical (unpaired) electrons. The molecule has 0 aliphatic carbocycles. The van der Waals surface area contributed by atoms with E-state index in [1.165, 1.54) is 0 Å². The van der Waals surface area contributed by atoms with Gasteiger partial charge in [0.1, 0.15) is 5.76 Å². The number of furan rings is 1. The van der Waals surface area contributed by atoms with Gasteiger partial charge in [-0.1, -0.05) is 46.4 Å². The minimum absolute atomic E-state index is 0.438. The van der Waals surface area contributed by atoms with Crippen molar-refractivity contribution in [3.8, 4) is 0 Å². The van der Waals surface area contributed by atoms with Crippen LogP contribution in [0.5, 0.6) is 0 Å². The van der Waals surface area contributed by atoms with Crippen molar-refractivity contribution >= 4 is 57.4 Å². The summed E-state index contributed by atoms with van der Waals surface area (Å²) in [7, 11) is 0. The van der Waals surface area contributed by atoms with Crippen LogP contribution in [-0.4, -0.2) is 0 Å². The number of benzene rings is 2. The lowest BCUT2D eigenvalue weighted by Gasteiger charge is -2.11. The molecule has 0 fully saturated rings. The van der Waals surface area contributed by atoms with Gasteiger partial charge in [0.15, 0.2) is 5.58 Å². The van der Waals surface area contributed by atoms with Gasteiger partial charge in [-0.3, -0.25) is 0 Å². The molecule has 0 aliphatic rings. The molecule has 0 saturated carbocycles. The van der Waals surface area contributed by atoms with E-state index in [9.17, 15) is 0 Å². The van der Waals surface area contributed by atoms with Crippen LogP contribution in [0.2, 0.25) is 20.1 Å². The van der Waals surface area contributed by atoms with E-state index in [4.69, 9.17) is 56.6 Å². The lowest BCUT2D eigenvalue weighted by atomic mass is 10.1. The van der Waals surface area contributed by atoms with Crippen molar-refractivity contribution in [3.05, 3.63) is 67.8 Å². The highest BCUT2D eigenvalue weighted by atomic mass is 35.5. The second-order valence-electron chi connectivity index (χ2n) is 4.60. The fourth-order valence-electron chi connectivity index (χ4n) is 2.16. The quantitative estimate of drug-likeness (QED) is 0.600. The molecule has 21 heavy (non-hydrogen) atoms. The molecule has 2 nitrogen and oxygen atoms in total. The van der Waals surface area contributed by atoms with E-state index < -0.39 is 6.04 Å². The van der Waals surface area contributed by atoms with Crippen LogP contribution in [0.3, 0.4) is 0 Å². The zero-order valence-corrected chi connectivity index (χ0v) is 13.6. The third kappa shape index (κ3) is 2.87. The first-order valence-electron chi connectivity index (χ1n) is 6.04. The number of nitrogens with two attached hydrogens (primary N) is 1. The van der Waals surface area contributed by atoms with E-state index in [-0.39, 0.29) is 0 Å². The Morgan fingerprint density at radius 1 is 0.857 bits per heavy atom. The Balaban J connectivity index is 2.11. The topological polar surface area (TPSA) is 39.2 Å². The van der Waals surface area contributed by atoms with Crippen molar-refractivity contribution in [2.75, 3.05) is 0 Å². The Morgan fingerprint density at radius 3 is 2.38 bits per heavy atom. The fourth-order valence-corrected chi connectivity index (χ4v) is 3.12. The Hall–Kier alpha value is -0.900. The SMILES string of the molecule is NC(c1cc2cc(Cl)cc(Cl)c2o1)c1cc(Cl)ccc1Cl. The first-order valence-corrected chi connectivity index (χ1v) is 7.56. The summed E-state index contributed by atoms with van der Waals surface area (Å²) < 4.78 is 5.75. The number of halogens is 4. The first kappa shape index (κ1) is 15.0. The van der Waals surface area contributed by atoms with E-state index >= 15 is 0 Å². The van der Waals surface area contributed by atoms with Crippen LogP contribution in [0.1, 0.15) is 17.4 Å². The molecule has 0 amide bonds. The summed E-state index contributed by atoms with van der Waals surface area (Å²) in [6, 6.07) is 9.77. The standard InChI is InChI=1S/C15H9Cl4NO/c16-8-1-2-11(18)10(5-8)14(20)13-4-7-3-9(17)6-12(19)15(7)21-13/h1-6,14H,20H2. The molecule has 3 rings (SSSR count). The van der Waals surface area contributed by atoms with Gasteiger partial charge in [-0.25, -0.2) is 0 Å². The zero-order chi connectivity index (χ0) is 15.1. The molecule has 1 aromatic heterocycles. The number of hydrogen-bond donors (Lipinski definition) is 1. The van der Waals surface area contributed by atoms with Crippen LogP contribution < -0.4 is 5.73 Å². The highest BCUT2D eigenvalue weighted by Gasteiger charge is 2.18. The highest BCUT2D eigenvalue weighted by molar-refractivity contribution is 6.38. The molecule has 3 aromatic rings. The molecule has 1 heterocycles. The van der Waals surface area contributed by atoms with Crippen LogP contribution in [-0.2, 0) is 0 Å². The van der Waals surface area contributed by atoms with E-state index in [1.54, 1.807) is 36.4 Å². The minimum atomic E-state index is -0.543. The van der Waals surface area contributed by atoms with Crippen molar-refractivity contribution in [2.45, 2.75) is 6.04 Å². The van der Waals surface area contributed by atoms with Crippen molar-refractivity contribution in [1.82, 2.24) is 0 Å². The molecule has 0 bridgehead atoms. The summed E-state index contributed by atoms with van der Waals surface area (Å²) >= 11 is 24.3. The third-order valence-corrected chi connectivity index (χ3v) is 4.23. The van der Waals surface area contributed by atoms with Crippen LogP contribution in [0.4, 0.5) is 0 Å². The zero-order valence-electron chi connectivity index (χ0n) is 10.5. The van der Waals surface area contributed by atoms with E-state index in [0.29, 0.717) is 37.0 Å². The predicted octanol–water partition coefficient (Wildman–Crippen LogP) is 6.09. The van der Waals surface area contributed by atoms with Crippen molar-refractivity contribution < 1.29 is 4.42 Å². The minimum Gasteiger partial charge on any atom is -0.457 e. The molecule has 1 atom stereocenters. The molecule has 0 saturated heterocycles. The van der Waals surface area contributed by atoms with Crippen LogP contribution in [0, 0.1) is 0 Å². The van der Waals surface area contributed by atoms with Crippen LogP contribution in [0.25, 0.3) is 11.0 Å². The van der Waals surface area contributed by atoms with Gasteiger partial charge in [0.05, 0.1) is 11.1 Å². The van der Waals surface area contributed by atoms with Crippen molar-refractivity contribution in [1.29, 1.82) is 0 Å². The van der Waals surface area contributed by atoms with Gasteiger partial charge in [-0.05, 0) is 42.0 Å². The van der Waals surface area contributed by atoms with Gasteiger partial charge in [-0.2, -0.15) is 0 Å². The molecule has 2 aromatic carbocycles. The summed E-state index contributed by atoms with van der Waals surface area (Å²) in [6.45, 7) is 0. The second kappa shape index (κ2) is 5.71. The molecule has 0 aliphatic heterocycles. The lowest BCUT2D eigenvalue weighted by molar-refractivity contribution is 0.525. The summed E-state index contributed by atoms with van der Waals surface area (Å²) in [4.78, 5) is 0. The predicted molar refractivity (Wildman–Crippen MR) is 88.7 cm³/mol. The number of rotatable bonds is 2. The largest absolute Gasteiger partial charge is 0.457 e. The van der Waals surface area contributed by atoms with Gasteiger partial charge in [0, 0.05) is 20.5 Å². The average Bonchev–Trinajstić information content (AvgIpc) is 2.85. The Labute approximate surface area is 141 Å². The fraction of sp³-hybridized carbons (Fsp3) is 0.0667. The Morgan fingerprint density at radius 2 is 1.62 bits per heavy atom. The monoisotopic (exact) mass is 359 g/mol. The molecule has 2 N–H and O–H groups in total. The third-order valence-electron chi connectivity index (χ3n) is 3.15. The van der Waals surface area contributed by atoms with Crippen LogP contribution >= 0.6 is 46.4 Å². The van der Waals surface area contributed by atoms with E-state index in [2.05, 4.69) is 0 Å². The molecule has 0 spiro atoms. The van der Waals surface area contributed by atoms with Crippen LogP contribution in [0.15, 0.2) is 40.8 Å². The second-order valence-corrected chi connectivity index (χ2v) is 6.29. The highest BCUT2D eigenvalue weighted by Crippen LogP contribution is 2.35. The first-order chi connectivity index (χ1) is 9.95. The van der Waals surface area contributed by atoms with Gasteiger partial charge in [0.2, 0.25) is 0 Å². The molecule has 6 heteroatoms. The van der Waals surface area contributed by atoms with Crippen molar-refractivity contribution in [3.63, 3.8) is 0 Å². The number of fused-ring (bicyclic) bond motifs is 1. The molecule has 108 valence electrons. The summed E-state index contributed by atoms with van der Waals surface area (Å²) in [5.41, 5.74) is 7.46.